The Morgan fingerprint density at radius 1 is 1.04 bits per heavy atom. The van der Waals surface area contributed by atoms with Crippen molar-refractivity contribution >= 4 is 33.6 Å². The number of nitrogens with two attached hydrogens (primary N) is 1. The summed E-state index contributed by atoms with van der Waals surface area (Å²) in [5, 5.41) is 1.42. The molecule has 2 N–H and O–H groups in total. The third-order valence-corrected chi connectivity index (χ3v) is 5.26. The summed E-state index contributed by atoms with van der Waals surface area (Å²) in [5.41, 5.74) is 12.6. The van der Waals surface area contributed by atoms with Crippen LogP contribution in [0.1, 0.15) is 27.8 Å². The van der Waals surface area contributed by atoms with Gasteiger partial charge in [-0.1, -0.05) is 23.9 Å². The summed E-state index contributed by atoms with van der Waals surface area (Å²) in [4.78, 5) is 16.4. The van der Waals surface area contributed by atoms with Crippen LogP contribution in [0.15, 0.2) is 50.6 Å². The molecule has 0 spiro atoms. The van der Waals surface area contributed by atoms with Crippen LogP contribution in [0.3, 0.4) is 0 Å². The second-order valence-electron chi connectivity index (χ2n) is 6.55. The third-order valence-electron chi connectivity index (χ3n) is 4.42. The normalized spacial score (nSPS) is 11.9. The molecule has 4 nitrogen and oxygen atoms in total. The van der Waals surface area contributed by atoms with Gasteiger partial charge in [0.2, 0.25) is 0 Å². The molecule has 1 heterocycles. The molecule has 0 fully saturated rings. The first-order valence-corrected chi connectivity index (χ1v) is 9.40. The second-order valence-corrected chi connectivity index (χ2v) is 7.55. The number of thioether (sulfide) groups is 1. The van der Waals surface area contributed by atoms with E-state index in [1.807, 2.05) is 45.9 Å². The highest BCUT2D eigenvalue weighted by molar-refractivity contribution is 8.13. The average Bonchev–Trinajstić information content (AvgIpc) is 2.57. The van der Waals surface area contributed by atoms with Crippen molar-refractivity contribution in [1.29, 1.82) is 0 Å². The van der Waals surface area contributed by atoms with Gasteiger partial charge in [0.1, 0.15) is 5.58 Å². The van der Waals surface area contributed by atoms with Crippen molar-refractivity contribution in [2.75, 3.05) is 0 Å². The lowest BCUT2D eigenvalue weighted by atomic mass is 10.0. The summed E-state index contributed by atoms with van der Waals surface area (Å²) >= 11 is 1.42. The van der Waals surface area contributed by atoms with Crippen LogP contribution in [0, 0.1) is 27.7 Å². The maximum Gasteiger partial charge on any atom is 0.336 e. The van der Waals surface area contributed by atoms with Gasteiger partial charge in [-0.15, -0.1) is 0 Å². The van der Waals surface area contributed by atoms with Gasteiger partial charge in [-0.25, -0.2) is 9.79 Å². The average molecular weight is 366 g/mol. The number of aryl methyl sites for hydroxylation is 4. The molecule has 0 atom stereocenters. The predicted octanol–water partition coefficient (Wildman–Crippen LogP) is 4.91. The van der Waals surface area contributed by atoms with Gasteiger partial charge in [0.15, 0.2) is 5.17 Å². The molecule has 0 saturated carbocycles. The first-order chi connectivity index (χ1) is 12.3. The minimum absolute atomic E-state index is 0.346. The first kappa shape index (κ1) is 18.3. The molecule has 3 rings (SSSR count). The van der Waals surface area contributed by atoms with Crippen LogP contribution in [0.25, 0.3) is 11.0 Å². The molecular weight excluding hydrogens is 344 g/mol. The minimum atomic E-state index is -0.346. The Hall–Kier alpha value is -2.53. The van der Waals surface area contributed by atoms with Gasteiger partial charge in [-0.05, 0) is 73.7 Å². The van der Waals surface area contributed by atoms with E-state index in [1.54, 1.807) is 0 Å². The molecule has 1 aromatic heterocycles. The molecule has 0 aliphatic rings. The maximum absolute atomic E-state index is 11.9. The number of nitrogens with zero attached hydrogens (tertiary/aromatic N) is 1. The Morgan fingerprint density at radius 2 is 1.77 bits per heavy atom. The zero-order valence-corrected chi connectivity index (χ0v) is 16.2. The van der Waals surface area contributed by atoms with E-state index < -0.39 is 0 Å². The van der Waals surface area contributed by atoms with Crippen molar-refractivity contribution < 1.29 is 4.42 Å². The fraction of sp³-hybridized carbons (Fsp3) is 0.238. The number of hydrogen-bond donors (Lipinski definition) is 1. The van der Waals surface area contributed by atoms with Crippen LogP contribution in [0.4, 0.5) is 5.69 Å². The van der Waals surface area contributed by atoms with Crippen molar-refractivity contribution in [3.05, 3.63) is 74.6 Å². The zero-order valence-electron chi connectivity index (χ0n) is 15.4. The van der Waals surface area contributed by atoms with Crippen LogP contribution in [-0.2, 0) is 5.75 Å². The van der Waals surface area contributed by atoms with E-state index in [2.05, 4.69) is 17.1 Å². The lowest BCUT2D eigenvalue weighted by Gasteiger charge is -2.08. The molecule has 0 aliphatic heterocycles. The summed E-state index contributed by atoms with van der Waals surface area (Å²) in [6.45, 7) is 8.09. The number of fused-ring (bicyclic) bond motifs is 1. The largest absolute Gasteiger partial charge is 0.423 e. The van der Waals surface area contributed by atoms with E-state index in [1.165, 1.54) is 17.8 Å². The van der Waals surface area contributed by atoms with Crippen molar-refractivity contribution in [1.82, 2.24) is 0 Å². The Labute approximate surface area is 157 Å². The van der Waals surface area contributed by atoms with Gasteiger partial charge in [0, 0.05) is 17.2 Å². The molecule has 0 bridgehead atoms. The SMILES string of the molecule is Cc1ccc(C)c(N=C(N)SCc2cc(=O)oc3cc(C)c(C)cc23)c1. The van der Waals surface area contributed by atoms with E-state index in [4.69, 9.17) is 10.2 Å². The van der Waals surface area contributed by atoms with Gasteiger partial charge < -0.3 is 10.2 Å². The van der Waals surface area contributed by atoms with Crippen LogP contribution >= 0.6 is 11.8 Å². The lowest BCUT2D eigenvalue weighted by molar-refractivity contribution is 0.559. The standard InChI is InChI=1S/C21H22N2O2S/c1-12-5-6-13(2)18(7-12)23-21(22)26-11-16-10-20(24)25-19-9-15(4)14(3)8-17(16)19/h5-10H,11H2,1-4H3,(H2,22,23). The van der Waals surface area contributed by atoms with E-state index in [0.717, 1.165) is 38.9 Å². The molecule has 5 heteroatoms. The molecule has 134 valence electrons. The molecule has 0 radical (unpaired) electrons. The Morgan fingerprint density at radius 3 is 2.54 bits per heavy atom. The van der Waals surface area contributed by atoms with Crippen LogP contribution < -0.4 is 11.4 Å². The molecule has 26 heavy (non-hydrogen) atoms. The summed E-state index contributed by atoms with van der Waals surface area (Å²) < 4.78 is 5.34. The predicted molar refractivity (Wildman–Crippen MR) is 110 cm³/mol. The molecule has 2 aromatic carbocycles. The van der Waals surface area contributed by atoms with Gasteiger partial charge in [0.25, 0.3) is 0 Å². The van der Waals surface area contributed by atoms with Crippen molar-refractivity contribution in [3.8, 4) is 0 Å². The monoisotopic (exact) mass is 366 g/mol. The van der Waals surface area contributed by atoms with Crippen LogP contribution in [-0.4, -0.2) is 5.17 Å². The number of aliphatic imine (C=N–C) groups is 1. The third kappa shape index (κ3) is 3.99. The first-order valence-electron chi connectivity index (χ1n) is 8.41. The van der Waals surface area contributed by atoms with Gasteiger partial charge in [-0.2, -0.15) is 0 Å². The van der Waals surface area contributed by atoms with Crippen LogP contribution in [0.2, 0.25) is 0 Å². The molecule has 0 unspecified atom stereocenters. The van der Waals surface area contributed by atoms with Gasteiger partial charge in [-0.3, -0.25) is 0 Å². The highest BCUT2D eigenvalue weighted by Gasteiger charge is 2.09. The van der Waals surface area contributed by atoms with E-state index in [-0.39, 0.29) is 5.63 Å². The maximum atomic E-state index is 11.9. The fourth-order valence-corrected chi connectivity index (χ4v) is 3.45. The topological polar surface area (TPSA) is 68.6 Å². The van der Waals surface area contributed by atoms with Crippen molar-refractivity contribution in [3.63, 3.8) is 0 Å². The van der Waals surface area contributed by atoms with Crippen LogP contribution in [0.5, 0.6) is 0 Å². The van der Waals surface area contributed by atoms with Crippen molar-refractivity contribution in [2.45, 2.75) is 33.4 Å². The quantitative estimate of drug-likeness (QED) is 0.406. The van der Waals surface area contributed by atoms with Gasteiger partial charge in [0.05, 0.1) is 5.69 Å². The fourth-order valence-electron chi connectivity index (χ4n) is 2.74. The Kier molecular flexibility index (Phi) is 5.18. The summed E-state index contributed by atoms with van der Waals surface area (Å²) in [5.74, 6) is 0.560. The molecule has 0 saturated heterocycles. The molecule has 0 amide bonds. The number of hydrogen-bond acceptors (Lipinski definition) is 4. The van der Waals surface area contributed by atoms with E-state index >= 15 is 0 Å². The number of rotatable bonds is 3. The highest BCUT2D eigenvalue weighted by atomic mass is 32.2. The summed E-state index contributed by atoms with van der Waals surface area (Å²) in [6.07, 6.45) is 0. The molecular formula is C21H22N2O2S. The second kappa shape index (κ2) is 7.38. The Balaban J connectivity index is 1.89. The van der Waals surface area contributed by atoms with E-state index in [9.17, 15) is 4.79 Å². The smallest absolute Gasteiger partial charge is 0.336 e. The number of amidine groups is 1. The van der Waals surface area contributed by atoms with Gasteiger partial charge >= 0.3 is 5.63 Å². The highest BCUT2D eigenvalue weighted by Crippen LogP contribution is 2.26. The Bertz CT molecular complexity index is 1070. The van der Waals surface area contributed by atoms with Crippen molar-refractivity contribution in [2.24, 2.45) is 10.7 Å². The minimum Gasteiger partial charge on any atom is -0.423 e. The molecule has 3 aromatic rings. The number of benzene rings is 2. The summed E-state index contributed by atoms with van der Waals surface area (Å²) in [7, 11) is 0. The molecule has 0 aliphatic carbocycles. The zero-order chi connectivity index (χ0) is 18.8. The summed E-state index contributed by atoms with van der Waals surface area (Å²) in [6, 6.07) is 11.6. The lowest BCUT2D eigenvalue weighted by Crippen LogP contribution is -2.08. The van der Waals surface area contributed by atoms with E-state index in [0.29, 0.717) is 16.5 Å².